The van der Waals surface area contributed by atoms with E-state index in [4.69, 9.17) is 9.84 Å². The molecule has 18 heavy (non-hydrogen) atoms. The van der Waals surface area contributed by atoms with Crippen LogP contribution >= 0.6 is 0 Å². The Morgan fingerprint density at radius 3 is 2.83 bits per heavy atom. The summed E-state index contributed by atoms with van der Waals surface area (Å²) >= 11 is 0. The molecule has 2 N–H and O–H groups in total. The molecular formula is C13H26N2O3. The number of alkyl carbamates (subject to hydrolysis) is 1. The molecule has 5 heteroatoms. The van der Waals surface area contributed by atoms with Gasteiger partial charge >= 0.3 is 6.09 Å². The third kappa shape index (κ3) is 6.21. The number of nitrogens with zero attached hydrogens (tertiary/aromatic N) is 1. The molecule has 1 fully saturated rings. The zero-order valence-corrected chi connectivity index (χ0v) is 11.7. The molecule has 0 bridgehead atoms. The van der Waals surface area contributed by atoms with Crippen LogP contribution in [0, 0.1) is 5.92 Å². The van der Waals surface area contributed by atoms with Crippen LogP contribution in [0.5, 0.6) is 0 Å². The highest BCUT2D eigenvalue weighted by molar-refractivity contribution is 5.67. The Kier molecular flexibility index (Phi) is 5.88. The Bertz CT molecular complexity index is 261. The van der Waals surface area contributed by atoms with Gasteiger partial charge in [-0.3, -0.25) is 0 Å². The van der Waals surface area contributed by atoms with Gasteiger partial charge in [0.05, 0.1) is 6.61 Å². The number of carbonyl (C=O) groups excluding carboxylic acids is 1. The minimum atomic E-state index is -0.445. The van der Waals surface area contributed by atoms with Gasteiger partial charge in [-0.25, -0.2) is 4.79 Å². The fraction of sp³-hybridized carbons (Fsp3) is 0.923. The van der Waals surface area contributed by atoms with E-state index in [1.165, 1.54) is 0 Å². The van der Waals surface area contributed by atoms with Crippen LogP contribution < -0.4 is 5.32 Å². The maximum Gasteiger partial charge on any atom is 0.407 e. The van der Waals surface area contributed by atoms with Crippen molar-refractivity contribution < 1.29 is 14.6 Å². The van der Waals surface area contributed by atoms with E-state index in [-0.39, 0.29) is 12.7 Å². The van der Waals surface area contributed by atoms with Crippen molar-refractivity contribution in [3.63, 3.8) is 0 Å². The quantitative estimate of drug-likeness (QED) is 0.796. The number of β-amino-alcohol motifs (C(OH)–C–C–N with tert-alkyl or cyclic N) is 1. The third-order valence-electron chi connectivity index (χ3n) is 2.95. The van der Waals surface area contributed by atoms with Gasteiger partial charge in [-0.05, 0) is 46.1 Å². The first kappa shape index (κ1) is 15.2. The zero-order valence-electron chi connectivity index (χ0n) is 11.7. The molecule has 0 saturated carbocycles. The highest BCUT2D eigenvalue weighted by Crippen LogP contribution is 2.15. The number of piperidine rings is 1. The maximum atomic E-state index is 11.5. The standard InChI is InChI=1S/C13H26N2O3/c1-13(2,3)18-12(17)14-9-11-5-4-6-15(10-11)7-8-16/h11,16H,4-10H2,1-3H3,(H,14,17)/t11-/m1/s1. The van der Waals surface area contributed by atoms with E-state index in [0.717, 1.165) is 32.5 Å². The zero-order chi connectivity index (χ0) is 13.6. The maximum absolute atomic E-state index is 11.5. The average molecular weight is 258 g/mol. The van der Waals surface area contributed by atoms with Crippen molar-refractivity contribution >= 4 is 6.09 Å². The average Bonchev–Trinajstić information content (AvgIpc) is 2.25. The van der Waals surface area contributed by atoms with Crippen molar-refractivity contribution in [3.05, 3.63) is 0 Å². The molecule has 1 aliphatic rings. The van der Waals surface area contributed by atoms with Gasteiger partial charge in [0.25, 0.3) is 0 Å². The van der Waals surface area contributed by atoms with E-state index in [2.05, 4.69) is 10.2 Å². The Labute approximate surface area is 109 Å². The molecule has 0 aliphatic carbocycles. The summed E-state index contributed by atoms with van der Waals surface area (Å²) < 4.78 is 5.20. The normalized spacial score (nSPS) is 21.7. The number of hydrogen-bond acceptors (Lipinski definition) is 4. The van der Waals surface area contributed by atoms with Crippen LogP contribution in [0.2, 0.25) is 0 Å². The molecule has 0 aromatic rings. The largest absolute Gasteiger partial charge is 0.444 e. The minimum Gasteiger partial charge on any atom is -0.444 e. The Balaban J connectivity index is 2.24. The number of hydrogen-bond donors (Lipinski definition) is 2. The van der Waals surface area contributed by atoms with Gasteiger partial charge < -0.3 is 20.1 Å². The van der Waals surface area contributed by atoms with Gasteiger partial charge in [0.2, 0.25) is 0 Å². The molecule has 0 aromatic carbocycles. The SMILES string of the molecule is CC(C)(C)OC(=O)NC[C@H]1CCCN(CCO)C1. The number of rotatable bonds is 4. The van der Waals surface area contributed by atoms with Crippen molar-refractivity contribution in [3.8, 4) is 0 Å². The molecule has 1 amide bonds. The van der Waals surface area contributed by atoms with Crippen molar-refractivity contribution in [2.24, 2.45) is 5.92 Å². The predicted molar refractivity (Wildman–Crippen MR) is 70.5 cm³/mol. The Morgan fingerprint density at radius 2 is 2.22 bits per heavy atom. The number of nitrogens with one attached hydrogen (secondary N) is 1. The Hall–Kier alpha value is -0.810. The molecule has 0 aromatic heterocycles. The van der Waals surface area contributed by atoms with Gasteiger partial charge in [0.1, 0.15) is 5.60 Å². The summed E-state index contributed by atoms with van der Waals surface area (Å²) in [5, 5.41) is 11.7. The number of ether oxygens (including phenoxy) is 1. The van der Waals surface area contributed by atoms with Crippen molar-refractivity contribution in [2.75, 3.05) is 32.8 Å². The predicted octanol–water partition coefficient (Wildman–Crippen LogP) is 1.22. The lowest BCUT2D eigenvalue weighted by atomic mass is 9.98. The lowest BCUT2D eigenvalue weighted by Crippen LogP contribution is -2.42. The van der Waals surface area contributed by atoms with Crippen LogP contribution in [-0.4, -0.2) is 54.5 Å². The highest BCUT2D eigenvalue weighted by atomic mass is 16.6. The Morgan fingerprint density at radius 1 is 1.50 bits per heavy atom. The minimum absolute atomic E-state index is 0.201. The second kappa shape index (κ2) is 6.95. The lowest BCUT2D eigenvalue weighted by Gasteiger charge is -2.32. The first-order valence-electron chi connectivity index (χ1n) is 6.71. The summed E-state index contributed by atoms with van der Waals surface area (Å²) in [4.78, 5) is 13.8. The van der Waals surface area contributed by atoms with Gasteiger partial charge in [0.15, 0.2) is 0 Å². The number of aliphatic hydroxyl groups is 1. The number of carbonyl (C=O) groups is 1. The summed E-state index contributed by atoms with van der Waals surface area (Å²) in [6, 6.07) is 0. The van der Waals surface area contributed by atoms with E-state index in [1.54, 1.807) is 0 Å². The van der Waals surface area contributed by atoms with Crippen molar-refractivity contribution in [1.29, 1.82) is 0 Å². The molecular weight excluding hydrogens is 232 g/mol. The first-order chi connectivity index (χ1) is 8.40. The van der Waals surface area contributed by atoms with Crippen LogP contribution in [0.4, 0.5) is 4.79 Å². The molecule has 5 nitrogen and oxygen atoms in total. The van der Waals surface area contributed by atoms with E-state index in [9.17, 15) is 4.79 Å². The summed E-state index contributed by atoms with van der Waals surface area (Å²) in [5.41, 5.74) is -0.445. The van der Waals surface area contributed by atoms with Gasteiger partial charge in [-0.2, -0.15) is 0 Å². The molecule has 0 spiro atoms. The monoisotopic (exact) mass is 258 g/mol. The third-order valence-corrected chi connectivity index (χ3v) is 2.95. The van der Waals surface area contributed by atoms with E-state index < -0.39 is 5.60 Å². The first-order valence-corrected chi connectivity index (χ1v) is 6.71. The summed E-state index contributed by atoms with van der Waals surface area (Å²) in [5.74, 6) is 0.456. The van der Waals surface area contributed by atoms with Crippen molar-refractivity contribution in [1.82, 2.24) is 10.2 Å². The van der Waals surface area contributed by atoms with Crippen LogP contribution in [0.3, 0.4) is 0 Å². The molecule has 1 rings (SSSR count). The smallest absolute Gasteiger partial charge is 0.407 e. The van der Waals surface area contributed by atoms with Gasteiger partial charge in [-0.1, -0.05) is 0 Å². The molecule has 1 aliphatic heterocycles. The van der Waals surface area contributed by atoms with Crippen LogP contribution in [0.25, 0.3) is 0 Å². The summed E-state index contributed by atoms with van der Waals surface area (Å²) in [7, 11) is 0. The lowest BCUT2D eigenvalue weighted by molar-refractivity contribution is 0.0504. The van der Waals surface area contributed by atoms with Gasteiger partial charge in [-0.15, -0.1) is 0 Å². The number of likely N-dealkylation sites (tertiary alicyclic amines) is 1. The molecule has 1 heterocycles. The fourth-order valence-electron chi connectivity index (χ4n) is 2.20. The van der Waals surface area contributed by atoms with Crippen LogP contribution in [0.1, 0.15) is 33.6 Å². The van der Waals surface area contributed by atoms with Crippen LogP contribution in [-0.2, 0) is 4.74 Å². The van der Waals surface area contributed by atoms with E-state index >= 15 is 0 Å². The molecule has 1 saturated heterocycles. The summed E-state index contributed by atoms with van der Waals surface area (Å²) in [6.45, 7) is 9.13. The van der Waals surface area contributed by atoms with E-state index in [0.29, 0.717) is 12.5 Å². The highest BCUT2D eigenvalue weighted by Gasteiger charge is 2.21. The summed E-state index contributed by atoms with van der Waals surface area (Å²) in [6.07, 6.45) is 1.90. The topological polar surface area (TPSA) is 61.8 Å². The molecule has 1 atom stereocenters. The second-order valence-corrected chi connectivity index (χ2v) is 5.92. The number of amides is 1. The molecule has 106 valence electrons. The second-order valence-electron chi connectivity index (χ2n) is 5.92. The fourth-order valence-corrected chi connectivity index (χ4v) is 2.20. The van der Waals surface area contributed by atoms with Crippen LogP contribution in [0.15, 0.2) is 0 Å². The van der Waals surface area contributed by atoms with Crippen molar-refractivity contribution in [2.45, 2.75) is 39.2 Å². The molecule has 0 radical (unpaired) electrons. The van der Waals surface area contributed by atoms with E-state index in [1.807, 2.05) is 20.8 Å². The molecule has 0 unspecified atom stereocenters. The number of aliphatic hydroxyl groups excluding tert-OH is 1. The van der Waals surface area contributed by atoms with Gasteiger partial charge in [0, 0.05) is 19.6 Å².